The first kappa shape index (κ1) is 30.2. The molecule has 0 aromatic heterocycles. The van der Waals surface area contributed by atoms with E-state index in [4.69, 9.17) is 18.7 Å². The molecule has 121 valence electrons. The van der Waals surface area contributed by atoms with Gasteiger partial charge in [-0.25, -0.2) is 0 Å². The second-order valence-corrected chi connectivity index (χ2v) is 3.83. The number of hydrogen-bond acceptors (Lipinski definition) is 1. The number of hydrogen-bond donors (Lipinski definition) is 0. The van der Waals surface area contributed by atoms with Gasteiger partial charge in [0.05, 0.1) is 12.2 Å². The van der Waals surface area contributed by atoms with Crippen molar-refractivity contribution in [3.63, 3.8) is 0 Å². The van der Waals surface area contributed by atoms with Crippen LogP contribution in [0.15, 0.2) is 0 Å². The maximum Gasteiger partial charge on any atom is 2.00 e. The predicted molar refractivity (Wildman–Crippen MR) is 79.2 cm³/mol. The van der Waals surface area contributed by atoms with Gasteiger partial charge in [0.25, 0.3) is 0 Å². The fourth-order valence-electron chi connectivity index (χ4n) is 1.59. The number of unbranched alkanes of at least 4 members (excludes halogenated alkanes) is 1. The van der Waals surface area contributed by atoms with E-state index in [0.717, 1.165) is 19.3 Å². The van der Waals surface area contributed by atoms with Crippen LogP contribution >= 0.6 is 0 Å². The molecule has 1 heterocycles. The van der Waals surface area contributed by atoms with E-state index in [2.05, 4.69) is 45.6 Å². The molecule has 4 nitrogen and oxygen atoms in total. The third-order valence-corrected chi connectivity index (χ3v) is 2.56. The molecule has 2 atom stereocenters. The largest absolute Gasteiger partial charge is 2.00 e. The van der Waals surface area contributed by atoms with Gasteiger partial charge in [-0.2, -0.15) is 6.92 Å². The van der Waals surface area contributed by atoms with Gasteiger partial charge in [0.2, 0.25) is 0 Å². The summed E-state index contributed by atoms with van der Waals surface area (Å²) in [6.07, 6.45) is 15.6. The zero-order valence-corrected chi connectivity index (χ0v) is 16.1. The third-order valence-electron chi connectivity index (χ3n) is 2.56. The molecule has 0 amide bonds. The standard InChI is InChI=1S/C10H15O.C5H5.3CO.W/c1-3-5-6-7-8-10-9(4-2)11-10;1-2-4-5-3-1;3*1-2;/h9-10H,1,4,6-8H2,2H3;1-5H;;;;/q-1;;;;;+2/t9-,10-;;;;;/m0...../s1. The molecule has 5 heteroatoms. The molecule has 1 saturated carbocycles. The van der Waals surface area contributed by atoms with E-state index < -0.39 is 0 Å². The summed E-state index contributed by atoms with van der Waals surface area (Å²) < 4.78 is 27.9. The molecule has 2 aliphatic rings. The molecule has 23 heavy (non-hydrogen) atoms. The van der Waals surface area contributed by atoms with Crippen LogP contribution in [0.1, 0.15) is 32.6 Å². The molecule has 2 rings (SSSR count). The minimum Gasteiger partial charge on any atom is -0.370 e. The summed E-state index contributed by atoms with van der Waals surface area (Å²) in [5, 5.41) is 0. The molecule has 0 spiro atoms. The Morgan fingerprint density at radius 2 is 1.39 bits per heavy atom. The minimum atomic E-state index is 0. The number of rotatable bonds is 4. The van der Waals surface area contributed by atoms with Gasteiger partial charge < -0.3 is 10.7 Å². The van der Waals surface area contributed by atoms with Crippen molar-refractivity contribution in [2.45, 2.75) is 44.8 Å². The van der Waals surface area contributed by atoms with E-state index in [-0.39, 0.29) is 21.1 Å². The van der Waals surface area contributed by atoms with Crippen LogP contribution in [0.4, 0.5) is 0 Å². The van der Waals surface area contributed by atoms with Crippen molar-refractivity contribution in [2.24, 2.45) is 0 Å². The molecule has 0 aromatic rings. The van der Waals surface area contributed by atoms with Crippen molar-refractivity contribution in [1.82, 2.24) is 0 Å². The molecule has 1 aliphatic heterocycles. The zero-order valence-electron chi connectivity index (χ0n) is 13.1. The van der Waals surface area contributed by atoms with Gasteiger partial charge in [-0.1, -0.05) is 19.8 Å². The SMILES string of the molecule is [C-]#[O+].[C-]#[O+].[C-]#[O+].[CH2-]C#CCCC[C@@H]1O[C@H]1CC.[CH]1[CH][CH][CH][CH]1.[W+2]. The van der Waals surface area contributed by atoms with Crippen LogP contribution in [0.5, 0.6) is 0 Å². The van der Waals surface area contributed by atoms with Gasteiger partial charge in [-0.15, -0.1) is 0 Å². The number of ether oxygens (including phenoxy) is 1. The summed E-state index contributed by atoms with van der Waals surface area (Å²) in [7, 11) is 0. The normalized spacial score (nSPS) is 18.6. The van der Waals surface area contributed by atoms with Crippen LogP contribution in [0.2, 0.25) is 0 Å². The Morgan fingerprint density at radius 3 is 1.70 bits per heavy atom. The van der Waals surface area contributed by atoms with E-state index >= 15 is 0 Å². The molecule has 0 unspecified atom stereocenters. The van der Waals surface area contributed by atoms with Gasteiger partial charge in [-0.05, 0) is 44.9 Å². The predicted octanol–water partition coefficient (Wildman–Crippen LogP) is 3.08. The van der Waals surface area contributed by atoms with Crippen molar-refractivity contribution in [3.8, 4) is 11.8 Å². The Morgan fingerprint density at radius 1 is 0.957 bits per heavy atom. The fraction of sp³-hybridized carbons (Fsp3) is 0.389. The van der Waals surface area contributed by atoms with Crippen molar-refractivity contribution in [3.05, 3.63) is 59.0 Å². The van der Waals surface area contributed by atoms with E-state index in [1.165, 1.54) is 6.42 Å². The Balaban J connectivity index is -0.000000127. The van der Waals surface area contributed by atoms with E-state index in [1.54, 1.807) is 0 Å². The number of epoxide rings is 1. The average Bonchev–Trinajstić information content (AvgIpc) is 3.10. The van der Waals surface area contributed by atoms with Crippen molar-refractivity contribution >= 4 is 0 Å². The van der Waals surface area contributed by atoms with Crippen molar-refractivity contribution in [1.29, 1.82) is 0 Å². The Hall–Kier alpha value is -0.702. The topological polar surface area (TPSA) is 72.2 Å². The molecule has 0 bridgehead atoms. The first-order valence-electron chi connectivity index (χ1n) is 6.56. The van der Waals surface area contributed by atoms with Crippen LogP contribution in [0, 0.1) is 70.8 Å². The fourth-order valence-corrected chi connectivity index (χ4v) is 1.59. The molecule has 0 aromatic carbocycles. The second-order valence-electron chi connectivity index (χ2n) is 3.83. The van der Waals surface area contributed by atoms with Crippen molar-refractivity contribution in [2.75, 3.05) is 0 Å². The van der Waals surface area contributed by atoms with Gasteiger partial charge in [0, 0.05) is 0 Å². The molecule has 5 radical (unpaired) electrons. The summed E-state index contributed by atoms with van der Waals surface area (Å²) in [6.45, 7) is 19.1. The quantitative estimate of drug-likeness (QED) is 0.199. The smallest absolute Gasteiger partial charge is 0.370 e. The van der Waals surface area contributed by atoms with Gasteiger partial charge in [-0.3, -0.25) is 5.92 Å². The third kappa shape index (κ3) is 23.7. The summed E-state index contributed by atoms with van der Waals surface area (Å²) in [5.41, 5.74) is 0. The zero-order chi connectivity index (χ0) is 17.6. The maximum absolute atomic E-state index is 7.50. The van der Waals surface area contributed by atoms with Crippen LogP contribution < -0.4 is 0 Å². The first-order valence-corrected chi connectivity index (χ1v) is 6.56. The Labute approximate surface area is 155 Å². The van der Waals surface area contributed by atoms with Crippen LogP contribution in [0.25, 0.3) is 0 Å². The Kier molecular flexibility index (Phi) is 38.5. The first-order chi connectivity index (χ1) is 10.9. The average molecular weight is 484 g/mol. The van der Waals surface area contributed by atoms with Crippen LogP contribution in [-0.4, -0.2) is 12.2 Å². The van der Waals surface area contributed by atoms with Gasteiger partial charge in [0.15, 0.2) is 0 Å². The molecular weight excluding hydrogens is 464 g/mol. The summed E-state index contributed by atoms with van der Waals surface area (Å²) in [4.78, 5) is 0. The molecule has 2 fully saturated rings. The molecule has 0 N–H and O–H groups in total. The van der Waals surface area contributed by atoms with Gasteiger partial charge >= 0.3 is 55.0 Å². The molecular formula is C18H20O4W+. The van der Waals surface area contributed by atoms with Crippen molar-refractivity contribution < 1.29 is 39.8 Å². The Bertz CT molecular complexity index is 313. The van der Waals surface area contributed by atoms with E-state index in [0.29, 0.717) is 12.2 Å². The maximum atomic E-state index is 7.50. The van der Waals surface area contributed by atoms with Crippen LogP contribution in [-0.2, 0) is 39.8 Å². The molecule has 1 aliphatic carbocycles. The summed E-state index contributed by atoms with van der Waals surface area (Å²) in [6, 6.07) is 0. The molecule has 1 saturated heterocycles. The van der Waals surface area contributed by atoms with Crippen LogP contribution in [0.3, 0.4) is 0 Å². The van der Waals surface area contributed by atoms with E-state index in [9.17, 15) is 0 Å². The van der Waals surface area contributed by atoms with E-state index in [1.807, 2.05) is 32.1 Å². The van der Waals surface area contributed by atoms with Gasteiger partial charge in [0.1, 0.15) is 0 Å². The summed E-state index contributed by atoms with van der Waals surface area (Å²) in [5.74, 6) is 5.59. The minimum absolute atomic E-state index is 0. The monoisotopic (exact) mass is 484 g/mol. The second kappa shape index (κ2) is 29.3. The summed E-state index contributed by atoms with van der Waals surface area (Å²) >= 11 is 0.